The molecule has 0 radical (unpaired) electrons. The van der Waals surface area contributed by atoms with Crippen LogP contribution in [0.5, 0.6) is 0 Å². The molecule has 0 aliphatic carbocycles. The maximum absolute atomic E-state index is 12.6. The molecule has 2 N–H and O–H groups in total. The molecule has 2 aromatic rings. The van der Waals surface area contributed by atoms with E-state index in [4.69, 9.17) is 0 Å². The Balaban J connectivity index is 2.06. The molecule has 1 atom stereocenters. The molecule has 27 heavy (non-hydrogen) atoms. The maximum atomic E-state index is 12.6. The van der Waals surface area contributed by atoms with Gasteiger partial charge in [-0.05, 0) is 49.7 Å². The highest BCUT2D eigenvalue weighted by Crippen LogP contribution is 2.27. The van der Waals surface area contributed by atoms with Crippen molar-refractivity contribution in [1.82, 2.24) is 4.90 Å². The summed E-state index contributed by atoms with van der Waals surface area (Å²) >= 11 is 3.60. The van der Waals surface area contributed by atoms with Crippen molar-refractivity contribution in [2.24, 2.45) is 0 Å². The van der Waals surface area contributed by atoms with Crippen LogP contribution >= 0.6 is 15.9 Å². The Labute approximate surface area is 169 Å². The van der Waals surface area contributed by atoms with Crippen LogP contribution in [-0.4, -0.2) is 29.8 Å². The highest BCUT2D eigenvalue weighted by Gasteiger charge is 2.20. The molecule has 0 bridgehead atoms. The monoisotopic (exact) mass is 431 g/mol. The molecule has 144 valence electrons. The van der Waals surface area contributed by atoms with Gasteiger partial charge in [-0.15, -0.1) is 0 Å². The number of amides is 2. The maximum Gasteiger partial charge on any atom is 0.238 e. The van der Waals surface area contributed by atoms with Crippen LogP contribution in [0.2, 0.25) is 0 Å². The Hall–Kier alpha value is -2.18. The van der Waals surface area contributed by atoms with Gasteiger partial charge in [-0.1, -0.05) is 47.1 Å². The van der Waals surface area contributed by atoms with Crippen LogP contribution in [0.1, 0.15) is 38.8 Å². The molecule has 5 nitrogen and oxygen atoms in total. The standard InChI is InChI=1S/C21H26BrN3O2/c1-4-12-25(15(2)19-10-5-6-11-20(19)22)14-21(27)24-18-9-7-8-17(13-18)23-16(3)26/h5-11,13,15H,4,12,14H2,1-3H3,(H,23,26)(H,24,27). The number of anilines is 2. The zero-order valence-electron chi connectivity index (χ0n) is 16.0. The minimum Gasteiger partial charge on any atom is -0.326 e. The van der Waals surface area contributed by atoms with E-state index in [1.54, 1.807) is 18.2 Å². The van der Waals surface area contributed by atoms with Crippen LogP contribution in [0.15, 0.2) is 53.0 Å². The van der Waals surface area contributed by atoms with Crippen molar-refractivity contribution in [3.05, 3.63) is 58.6 Å². The normalized spacial score (nSPS) is 11.9. The Kier molecular flexibility index (Phi) is 8.00. The zero-order chi connectivity index (χ0) is 19.8. The first-order valence-electron chi connectivity index (χ1n) is 9.06. The van der Waals surface area contributed by atoms with Crippen LogP contribution < -0.4 is 10.6 Å². The van der Waals surface area contributed by atoms with E-state index < -0.39 is 0 Å². The number of carbonyl (C=O) groups excluding carboxylic acids is 2. The Bertz CT molecular complexity index is 795. The molecule has 0 heterocycles. The van der Waals surface area contributed by atoms with Crippen LogP contribution in [0.3, 0.4) is 0 Å². The molecular formula is C21H26BrN3O2. The topological polar surface area (TPSA) is 61.4 Å². The minimum atomic E-state index is -0.144. The van der Waals surface area contributed by atoms with E-state index in [1.165, 1.54) is 6.92 Å². The number of halogens is 1. The molecule has 0 fully saturated rings. The highest BCUT2D eigenvalue weighted by molar-refractivity contribution is 9.10. The summed E-state index contributed by atoms with van der Waals surface area (Å²) in [5.41, 5.74) is 2.48. The molecule has 0 saturated heterocycles. The molecule has 2 amide bonds. The van der Waals surface area contributed by atoms with Crippen molar-refractivity contribution in [1.29, 1.82) is 0 Å². The van der Waals surface area contributed by atoms with E-state index in [0.29, 0.717) is 17.9 Å². The van der Waals surface area contributed by atoms with Crippen molar-refractivity contribution in [3.8, 4) is 0 Å². The van der Waals surface area contributed by atoms with Gasteiger partial charge >= 0.3 is 0 Å². The van der Waals surface area contributed by atoms with E-state index in [9.17, 15) is 9.59 Å². The first-order valence-corrected chi connectivity index (χ1v) is 9.86. The molecule has 0 aliphatic heterocycles. The lowest BCUT2D eigenvalue weighted by Crippen LogP contribution is -2.36. The second-order valence-corrected chi connectivity index (χ2v) is 7.33. The average Bonchev–Trinajstić information content (AvgIpc) is 2.61. The summed E-state index contributed by atoms with van der Waals surface area (Å²) in [6, 6.07) is 15.3. The average molecular weight is 432 g/mol. The smallest absolute Gasteiger partial charge is 0.238 e. The third kappa shape index (κ3) is 6.48. The van der Waals surface area contributed by atoms with Gasteiger partial charge in [0.2, 0.25) is 11.8 Å². The summed E-state index contributed by atoms with van der Waals surface area (Å²) < 4.78 is 1.04. The van der Waals surface area contributed by atoms with Gasteiger partial charge in [0.15, 0.2) is 0 Å². The molecule has 2 rings (SSSR count). The molecule has 0 spiro atoms. The fourth-order valence-electron chi connectivity index (χ4n) is 2.97. The second kappa shape index (κ2) is 10.2. The van der Waals surface area contributed by atoms with Crippen LogP contribution in [0.25, 0.3) is 0 Å². The van der Waals surface area contributed by atoms with Crippen molar-refractivity contribution in [2.45, 2.75) is 33.2 Å². The van der Waals surface area contributed by atoms with E-state index in [1.807, 2.05) is 24.3 Å². The van der Waals surface area contributed by atoms with Crippen LogP contribution in [0, 0.1) is 0 Å². The zero-order valence-corrected chi connectivity index (χ0v) is 17.5. The molecule has 1 unspecified atom stereocenters. The number of nitrogens with one attached hydrogen (secondary N) is 2. The number of hydrogen-bond acceptors (Lipinski definition) is 3. The second-order valence-electron chi connectivity index (χ2n) is 6.48. The molecule has 0 saturated carbocycles. The third-order valence-electron chi connectivity index (χ3n) is 4.23. The van der Waals surface area contributed by atoms with E-state index in [0.717, 1.165) is 23.0 Å². The van der Waals surface area contributed by atoms with Crippen molar-refractivity contribution in [2.75, 3.05) is 23.7 Å². The van der Waals surface area contributed by atoms with Gasteiger partial charge in [0, 0.05) is 28.8 Å². The number of hydrogen-bond donors (Lipinski definition) is 2. The van der Waals surface area contributed by atoms with Crippen LogP contribution in [0.4, 0.5) is 11.4 Å². The predicted octanol–water partition coefficient (Wildman–Crippen LogP) is 4.82. The molecule has 2 aromatic carbocycles. The molecule has 0 aromatic heterocycles. The first-order chi connectivity index (χ1) is 12.9. The number of rotatable bonds is 8. The summed E-state index contributed by atoms with van der Waals surface area (Å²) in [5, 5.41) is 5.64. The summed E-state index contributed by atoms with van der Waals surface area (Å²) in [5.74, 6) is -0.225. The van der Waals surface area contributed by atoms with Crippen LogP contribution in [-0.2, 0) is 9.59 Å². The minimum absolute atomic E-state index is 0.0812. The first kappa shape index (κ1) is 21.1. The summed E-state index contributed by atoms with van der Waals surface area (Å²) in [6.45, 7) is 6.79. The Morgan fingerprint density at radius 1 is 1.07 bits per heavy atom. The highest BCUT2D eigenvalue weighted by atomic mass is 79.9. The van der Waals surface area contributed by atoms with Gasteiger partial charge < -0.3 is 10.6 Å². The van der Waals surface area contributed by atoms with Gasteiger partial charge in [0.25, 0.3) is 0 Å². The van der Waals surface area contributed by atoms with Gasteiger partial charge in [0.1, 0.15) is 0 Å². The van der Waals surface area contributed by atoms with Gasteiger partial charge in [-0.2, -0.15) is 0 Å². The number of nitrogens with zero attached hydrogens (tertiary/aromatic N) is 1. The van der Waals surface area contributed by atoms with E-state index >= 15 is 0 Å². The van der Waals surface area contributed by atoms with Crippen molar-refractivity contribution in [3.63, 3.8) is 0 Å². The Morgan fingerprint density at radius 3 is 2.37 bits per heavy atom. The van der Waals surface area contributed by atoms with Gasteiger partial charge in [-0.3, -0.25) is 14.5 Å². The summed E-state index contributed by atoms with van der Waals surface area (Å²) in [6.07, 6.45) is 0.958. The molecule has 6 heteroatoms. The largest absolute Gasteiger partial charge is 0.326 e. The van der Waals surface area contributed by atoms with Gasteiger partial charge in [0.05, 0.1) is 6.54 Å². The lowest BCUT2D eigenvalue weighted by atomic mass is 10.1. The van der Waals surface area contributed by atoms with Crippen molar-refractivity contribution >= 4 is 39.1 Å². The van der Waals surface area contributed by atoms with E-state index in [2.05, 4.69) is 51.4 Å². The number of benzene rings is 2. The van der Waals surface area contributed by atoms with E-state index in [-0.39, 0.29) is 17.9 Å². The fraction of sp³-hybridized carbons (Fsp3) is 0.333. The predicted molar refractivity (Wildman–Crippen MR) is 114 cm³/mol. The lowest BCUT2D eigenvalue weighted by molar-refractivity contribution is -0.118. The quantitative estimate of drug-likeness (QED) is 0.629. The van der Waals surface area contributed by atoms with Crippen molar-refractivity contribution < 1.29 is 9.59 Å². The van der Waals surface area contributed by atoms with Gasteiger partial charge in [-0.25, -0.2) is 0 Å². The number of carbonyl (C=O) groups is 2. The third-order valence-corrected chi connectivity index (χ3v) is 4.95. The molecule has 0 aliphatic rings. The Morgan fingerprint density at radius 2 is 1.74 bits per heavy atom. The lowest BCUT2D eigenvalue weighted by Gasteiger charge is -2.29. The summed E-state index contributed by atoms with van der Waals surface area (Å²) in [7, 11) is 0. The summed E-state index contributed by atoms with van der Waals surface area (Å²) in [4.78, 5) is 26.0. The SMILES string of the molecule is CCCN(CC(=O)Nc1cccc(NC(C)=O)c1)C(C)c1ccccc1Br. The molecular weight excluding hydrogens is 406 g/mol. The fourth-order valence-corrected chi connectivity index (χ4v) is 3.59.